The van der Waals surface area contributed by atoms with Crippen LogP contribution in [0, 0.1) is 12.8 Å². The topological polar surface area (TPSA) is 12.0 Å². The molecule has 1 aliphatic carbocycles. The molecule has 3 heteroatoms. The fourth-order valence-electron chi connectivity index (χ4n) is 3.79. The van der Waals surface area contributed by atoms with Crippen molar-refractivity contribution in [1.82, 2.24) is 0 Å². The third kappa shape index (κ3) is 2.15. The standard InChI is InChI=1S/C19H17Cl2N/c1-11-17(21)10-9-16-14-3-2-4-15(14)19(22-18(11)16)12-5-7-13(20)8-6-12/h2-3,5-10,14-15,19,22H,4H2,1H3/t14-,15+,19+/m0/s1. The van der Waals surface area contributed by atoms with E-state index in [2.05, 4.69) is 42.6 Å². The lowest BCUT2D eigenvalue weighted by Crippen LogP contribution is -2.29. The van der Waals surface area contributed by atoms with Gasteiger partial charge in [-0.2, -0.15) is 0 Å². The van der Waals surface area contributed by atoms with Crippen LogP contribution in [0.3, 0.4) is 0 Å². The highest BCUT2D eigenvalue weighted by atomic mass is 35.5. The maximum atomic E-state index is 6.33. The second kappa shape index (κ2) is 5.33. The first kappa shape index (κ1) is 14.2. The summed E-state index contributed by atoms with van der Waals surface area (Å²) in [5.41, 5.74) is 4.98. The van der Waals surface area contributed by atoms with Gasteiger partial charge < -0.3 is 5.32 Å². The molecule has 2 aromatic carbocycles. The summed E-state index contributed by atoms with van der Waals surface area (Å²) in [7, 11) is 0. The van der Waals surface area contributed by atoms with Crippen LogP contribution in [-0.2, 0) is 0 Å². The zero-order valence-corrected chi connectivity index (χ0v) is 13.8. The predicted molar refractivity (Wildman–Crippen MR) is 94.0 cm³/mol. The number of nitrogens with one attached hydrogen (secondary N) is 1. The molecule has 1 N–H and O–H groups in total. The molecule has 0 amide bonds. The summed E-state index contributed by atoms with van der Waals surface area (Å²) in [5.74, 6) is 1.02. The van der Waals surface area contributed by atoms with Gasteiger partial charge in [-0.25, -0.2) is 0 Å². The van der Waals surface area contributed by atoms with Crippen LogP contribution in [0.5, 0.6) is 0 Å². The molecule has 0 aromatic heterocycles. The normalized spacial score (nSPS) is 25.5. The molecule has 0 unspecified atom stereocenters. The lowest BCUT2D eigenvalue weighted by molar-refractivity contribution is 0.425. The van der Waals surface area contributed by atoms with Crippen molar-refractivity contribution >= 4 is 28.9 Å². The van der Waals surface area contributed by atoms with Gasteiger partial charge in [0.2, 0.25) is 0 Å². The van der Waals surface area contributed by atoms with E-state index in [1.165, 1.54) is 16.8 Å². The van der Waals surface area contributed by atoms with Crippen LogP contribution in [0.25, 0.3) is 0 Å². The van der Waals surface area contributed by atoms with E-state index >= 15 is 0 Å². The maximum Gasteiger partial charge on any atom is 0.0554 e. The van der Waals surface area contributed by atoms with Crippen LogP contribution in [0.2, 0.25) is 10.0 Å². The highest BCUT2D eigenvalue weighted by Crippen LogP contribution is 2.51. The van der Waals surface area contributed by atoms with E-state index in [-0.39, 0.29) is 0 Å². The van der Waals surface area contributed by atoms with Gasteiger partial charge in [-0.05, 0) is 54.2 Å². The predicted octanol–water partition coefficient (Wildman–Crippen LogP) is 6.13. The maximum absolute atomic E-state index is 6.33. The Bertz CT molecular complexity index is 749. The molecule has 2 aromatic rings. The Balaban J connectivity index is 1.82. The van der Waals surface area contributed by atoms with E-state index in [0.29, 0.717) is 17.9 Å². The molecule has 1 aliphatic heterocycles. The first-order chi connectivity index (χ1) is 10.6. The third-order valence-electron chi connectivity index (χ3n) is 4.96. The van der Waals surface area contributed by atoms with E-state index in [9.17, 15) is 0 Å². The highest BCUT2D eigenvalue weighted by Gasteiger charge is 2.38. The summed E-state index contributed by atoms with van der Waals surface area (Å²) in [6.07, 6.45) is 5.76. The smallest absolute Gasteiger partial charge is 0.0554 e. The molecular weight excluding hydrogens is 313 g/mol. The second-order valence-corrected chi connectivity index (χ2v) is 7.01. The van der Waals surface area contributed by atoms with Gasteiger partial charge in [0.1, 0.15) is 0 Å². The van der Waals surface area contributed by atoms with E-state index in [4.69, 9.17) is 23.2 Å². The number of fused-ring (bicyclic) bond motifs is 3. The van der Waals surface area contributed by atoms with Crippen molar-refractivity contribution in [1.29, 1.82) is 0 Å². The van der Waals surface area contributed by atoms with E-state index in [0.717, 1.165) is 22.0 Å². The molecular formula is C19H17Cl2N. The van der Waals surface area contributed by atoms with Crippen molar-refractivity contribution in [3.63, 3.8) is 0 Å². The van der Waals surface area contributed by atoms with Crippen LogP contribution in [0.1, 0.15) is 35.1 Å². The van der Waals surface area contributed by atoms with Crippen LogP contribution in [-0.4, -0.2) is 0 Å². The molecule has 0 saturated heterocycles. The minimum absolute atomic E-state index is 0.293. The summed E-state index contributed by atoms with van der Waals surface area (Å²) >= 11 is 12.4. The molecule has 1 nitrogen and oxygen atoms in total. The number of hydrogen-bond acceptors (Lipinski definition) is 1. The number of hydrogen-bond donors (Lipinski definition) is 1. The molecule has 112 valence electrons. The fraction of sp³-hybridized carbons (Fsp3) is 0.263. The van der Waals surface area contributed by atoms with Crippen molar-refractivity contribution in [2.75, 3.05) is 5.32 Å². The average Bonchev–Trinajstić information content (AvgIpc) is 3.01. The summed E-state index contributed by atoms with van der Waals surface area (Å²) < 4.78 is 0. The van der Waals surface area contributed by atoms with Gasteiger partial charge in [0.05, 0.1) is 6.04 Å². The highest BCUT2D eigenvalue weighted by molar-refractivity contribution is 6.31. The first-order valence-corrected chi connectivity index (χ1v) is 8.38. The average molecular weight is 330 g/mol. The summed E-state index contributed by atoms with van der Waals surface area (Å²) in [6.45, 7) is 2.09. The Morgan fingerprint density at radius 3 is 2.59 bits per heavy atom. The largest absolute Gasteiger partial charge is 0.377 e. The molecule has 3 atom stereocenters. The van der Waals surface area contributed by atoms with Gasteiger partial charge in [-0.15, -0.1) is 0 Å². The molecule has 0 fully saturated rings. The SMILES string of the molecule is Cc1c(Cl)ccc2c1N[C@H](c1ccc(Cl)cc1)[C@@H]1CC=C[C@H]21. The molecule has 0 bridgehead atoms. The van der Waals surface area contributed by atoms with Crippen molar-refractivity contribution in [2.45, 2.75) is 25.3 Å². The summed E-state index contributed by atoms with van der Waals surface area (Å²) in [5, 5.41) is 5.34. The minimum atomic E-state index is 0.293. The van der Waals surface area contributed by atoms with Gasteiger partial charge in [0.15, 0.2) is 0 Å². The Hall–Kier alpha value is -1.44. The van der Waals surface area contributed by atoms with E-state index < -0.39 is 0 Å². The quantitative estimate of drug-likeness (QED) is 0.620. The summed E-state index contributed by atoms with van der Waals surface area (Å²) in [4.78, 5) is 0. The molecule has 0 radical (unpaired) electrons. The van der Waals surface area contributed by atoms with Crippen LogP contribution in [0.4, 0.5) is 5.69 Å². The molecule has 0 saturated carbocycles. The number of allylic oxidation sites excluding steroid dienone is 2. The number of halogens is 2. The lowest BCUT2D eigenvalue weighted by atomic mass is 9.76. The van der Waals surface area contributed by atoms with Gasteiger partial charge in [0, 0.05) is 21.7 Å². The van der Waals surface area contributed by atoms with Gasteiger partial charge in [-0.3, -0.25) is 0 Å². The Morgan fingerprint density at radius 1 is 1.05 bits per heavy atom. The van der Waals surface area contributed by atoms with Gasteiger partial charge in [0.25, 0.3) is 0 Å². The molecule has 22 heavy (non-hydrogen) atoms. The number of anilines is 1. The van der Waals surface area contributed by atoms with Crippen molar-refractivity contribution in [2.24, 2.45) is 5.92 Å². The number of benzene rings is 2. The van der Waals surface area contributed by atoms with Crippen molar-refractivity contribution in [3.05, 3.63) is 75.3 Å². The molecule has 0 spiro atoms. The van der Waals surface area contributed by atoms with Crippen LogP contribution < -0.4 is 5.32 Å². The minimum Gasteiger partial charge on any atom is -0.377 e. The monoisotopic (exact) mass is 329 g/mol. The fourth-order valence-corrected chi connectivity index (χ4v) is 4.07. The zero-order chi connectivity index (χ0) is 15.3. The first-order valence-electron chi connectivity index (χ1n) is 7.63. The van der Waals surface area contributed by atoms with Gasteiger partial charge in [-0.1, -0.05) is 53.6 Å². The van der Waals surface area contributed by atoms with Crippen molar-refractivity contribution < 1.29 is 0 Å². The summed E-state index contributed by atoms with van der Waals surface area (Å²) in [6, 6.07) is 12.7. The molecule has 1 heterocycles. The van der Waals surface area contributed by atoms with Crippen molar-refractivity contribution in [3.8, 4) is 0 Å². The van der Waals surface area contributed by atoms with E-state index in [1.807, 2.05) is 18.2 Å². The lowest BCUT2D eigenvalue weighted by Gasteiger charge is -2.38. The number of rotatable bonds is 1. The molecule has 2 aliphatic rings. The zero-order valence-electron chi connectivity index (χ0n) is 12.3. The van der Waals surface area contributed by atoms with Crippen LogP contribution in [0.15, 0.2) is 48.6 Å². The van der Waals surface area contributed by atoms with E-state index in [1.54, 1.807) is 0 Å². The van der Waals surface area contributed by atoms with Crippen LogP contribution >= 0.6 is 23.2 Å². The molecule has 4 rings (SSSR count). The Labute approximate surface area is 140 Å². The Morgan fingerprint density at radius 2 is 1.82 bits per heavy atom. The Kier molecular flexibility index (Phi) is 3.43. The third-order valence-corrected chi connectivity index (χ3v) is 5.62. The van der Waals surface area contributed by atoms with Gasteiger partial charge >= 0.3 is 0 Å². The second-order valence-electron chi connectivity index (χ2n) is 6.16.